The van der Waals surface area contributed by atoms with Gasteiger partial charge in [-0.15, -0.1) is 0 Å². The lowest BCUT2D eigenvalue weighted by atomic mass is 10.0. The summed E-state index contributed by atoms with van der Waals surface area (Å²) in [6, 6.07) is 18.8. The van der Waals surface area contributed by atoms with Gasteiger partial charge in [0.05, 0.1) is 27.9 Å². The number of carbonyl (C=O) groups is 4. The molecule has 1 atom stereocenters. The van der Waals surface area contributed by atoms with Crippen molar-refractivity contribution < 1.29 is 47.3 Å². The zero-order valence-electron chi connectivity index (χ0n) is 32.6. The minimum absolute atomic E-state index is 0.0768. The van der Waals surface area contributed by atoms with Crippen LogP contribution in [-0.2, 0) is 19.0 Å². The Balaban J connectivity index is 1.58. The maximum Gasteiger partial charge on any atom is 0.419 e. The zero-order chi connectivity index (χ0) is 41.1. The van der Waals surface area contributed by atoms with Crippen molar-refractivity contribution in [1.82, 2.24) is 13.7 Å². The van der Waals surface area contributed by atoms with Crippen molar-refractivity contribution in [2.45, 2.75) is 91.1 Å². The molecule has 3 aromatic heterocycles. The molecule has 0 spiro atoms. The van der Waals surface area contributed by atoms with Crippen molar-refractivity contribution in [3.05, 3.63) is 97.0 Å². The van der Waals surface area contributed by atoms with Gasteiger partial charge in [0.15, 0.2) is 6.10 Å². The van der Waals surface area contributed by atoms with E-state index in [2.05, 4.69) is 0 Å². The molecule has 0 aliphatic carbocycles. The lowest BCUT2D eigenvalue weighted by Gasteiger charge is -2.29. The second-order valence-electron chi connectivity index (χ2n) is 16.4. The molecule has 12 nitrogen and oxygen atoms in total. The summed E-state index contributed by atoms with van der Waals surface area (Å²) < 4.78 is 54.2. The number of aromatic nitrogens is 3. The number of hydrogen-bond donors (Lipinski definition) is 1. The molecule has 6 aromatic rings. The number of aliphatic hydroxyl groups excluding tert-OH is 1. The topological polar surface area (TPSA) is 134 Å². The first-order valence-corrected chi connectivity index (χ1v) is 17.9. The average molecular weight is 771 g/mol. The highest BCUT2D eigenvalue weighted by atomic mass is 19.3. The molecule has 0 bridgehead atoms. The number of amides is 1. The van der Waals surface area contributed by atoms with Gasteiger partial charge < -0.3 is 19.3 Å². The molecule has 0 saturated heterocycles. The van der Waals surface area contributed by atoms with Crippen LogP contribution < -0.4 is 4.90 Å². The van der Waals surface area contributed by atoms with Gasteiger partial charge in [0.1, 0.15) is 16.8 Å². The first kappa shape index (κ1) is 39.7. The zero-order valence-corrected chi connectivity index (χ0v) is 32.6. The average Bonchev–Trinajstić information content (AvgIpc) is 3.79. The number of aliphatic hydroxyl groups is 1. The third kappa shape index (κ3) is 7.61. The number of hydrogen-bond acceptors (Lipinski definition) is 8. The smallest absolute Gasteiger partial charge is 0.419 e. The number of para-hydroxylation sites is 3. The minimum atomic E-state index is -4.60. The minimum Gasteiger partial charge on any atom is -0.443 e. The van der Waals surface area contributed by atoms with Gasteiger partial charge in [0, 0.05) is 40.3 Å². The molecular weight excluding hydrogens is 726 g/mol. The first-order chi connectivity index (χ1) is 26.0. The fraction of sp³-hybridized carbons (Fsp3) is 0.333. The second kappa shape index (κ2) is 13.9. The summed E-state index contributed by atoms with van der Waals surface area (Å²) in [5.74, 6) is -6.51. The first-order valence-electron chi connectivity index (χ1n) is 17.9. The van der Waals surface area contributed by atoms with E-state index in [1.165, 1.54) is 24.5 Å². The number of anilines is 2. The molecule has 56 heavy (non-hydrogen) atoms. The summed E-state index contributed by atoms with van der Waals surface area (Å²) in [5.41, 5.74) is -2.95. The number of halogens is 2. The number of nitrogens with zero attached hydrogens (tertiary/aromatic N) is 4. The van der Waals surface area contributed by atoms with Crippen LogP contribution in [0.5, 0.6) is 0 Å². The van der Waals surface area contributed by atoms with Crippen LogP contribution in [0.2, 0.25) is 0 Å². The quantitative estimate of drug-likeness (QED) is 0.171. The van der Waals surface area contributed by atoms with Crippen LogP contribution in [0, 0.1) is 0 Å². The Morgan fingerprint density at radius 1 is 0.554 bits per heavy atom. The number of carbonyl (C=O) groups excluding carboxylic acids is 4. The molecule has 3 heterocycles. The Morgan fingerprint density at radius 3 is 1.25 bits per heavy atom. The Morgan fingerprint density at radius 2 is 0.875 bits per heavy atom. The van der Waals surface area contributed by atoms with Crippen molar-refractivity contribution in [1.29, 1.82) is 0 Å². The molecule has 3 aromatic carbocycles. The van der Waals surface area contributed by atoms with E-state index in [0.29, 0.717) is 4.90 Å². The van der Waals surface area contributed by atoms with Crippen molar-refractivity contribution in [3.8, 4) is 0 Å². The van der Waals surface area contributed by atoms with E-state index >= 15 is 8.78 Å². The molecular formula is C42H44F2N4O8. The Labute approximate surface area is 321 Å². The molecule has 0 radical (unpaired) electrons. The van der Waals surface area contributed by atoms with Gasteiger partial charge in [0.25, 0.3) is 0 Å². The van der Waals surface area contributed by atoms with Gasteiger partial charge in [-0.2, -0.15) is 8.78 Å². The van der Waals surface area contributed by atoms with Crippen molar-refractivity contribution in [2.24, 2.45) is 0 Å². The molecule has 0 saturated carbocycles. The molecule has 1 unspecified atom stereocenters. The summed E-state index contributed by atoms with van der Waals surface area (Å²) in [7, 11) is 0. The van der Waals surface area contributed by atoms with Gasteiger partial charge in [-0.25, -0.2) is 14.4 Å². The molecule has 0 aliphatic rings. The molecule has 1 amide bonds. The SMILES string of the molecule is CC(C)(C)OC(=O)n1cc(C(O)C(F)(F)C(=O)N(c2cn(C(=O)OC(C)(C)C)c3ccccc23)c2cn(C(=O)OC(C)(C)C)c3ccccc23)c2ccccc21. The van der Waals surface area contributed by atoms with E-state index in [1.54, 1.807) is 123 Å². The van der Waals surface area contributed by atoms with Crippen LogP contribution in [0.3, 0.4) is 0 Å². The molecule has 0 aliphatic heterocycles. The monoisotopic (exact) mass is 770 g/mol. The molecule has 0 fully saturated rings. The lowest BCUT2D eigenvalue weighted by molar-refractivity contribution is -0.160. The van der Waals surface area contributed by atoms with E-state index in [-0.39, 0.29) is 44.1 Å². The fourth-order valence-electron chi connectivity index (χ4n) is 6.30. The van der Waals surface area contributed by atoms with E-state index in [0.717, 1.165) is 19.9 Å². The summed E-state index contributed by atoms with van der Waals surface area (Å²) in [6.45, 7) is 14.9. The summed E-state index contributed by atoms with van der Waals surface area (Å²) in [6.07, 6.45) is -1.94. The lowest BCUT2D eigenvalue weighted by Crippen LogP contribution is -2.45. The molecule has 1 N–H and O–H groups in total. The second-order valence-corrected chi connectivity index (χ2v) is 16.4. The summed E-state index contributed by atoms with van der Waals surface area (Å²) in [4.78, 5) is 55.8. The normalized spacial score (nSPS) is 13.2. The third-order valence-electron chi connectivity index (χ3n) is 8.50. The summed E-state index contributed by atoms with van der Waals surface area (Å²) >= 11 is 0. The van der Waals surface area contributed by atoms with Crippen LogP contribution in [-0.4, -0.2) is 65.7 Å². The van der Waals surface area contributed by atoms with Crippen LogP contribution >= 0.6 is 0 Å². The Bertz CT molecular complexity index is 2400. The van der Waals surface area contributed by atoms with Gasteiger partial charge in [-0.3, -0.25) is 23.4 Å². The predicted octanol–water partition coefficient (Wildman–Crippen LogP) is 9.93. The van der Waals surface area contributed by atoms with Gasteiger partial charge in [-0.1, -0.05) is 54.6 Å². The fourth-order valence-corrected chi connectivity index (χ4v) is 6.30. The van der Waals surface area contributed by atoms with Crippen LogP contribution in [0.1, 0.15) is 74.0 Å². The largest absolute Gasteiger partial charge is 0.443 e. The van der Waals surface area contributed by atoms with E-state index in [9.17, 15) is 24.3 Å². The van der Waals surface area contributed by atoms with Gasteiger partial charge in [0.2, 0.25) is 0 Å². The standard InChI is InChI=1S/C42H44F2N4O8/c1-39(2,3)54-36(51)45-22-28(25-16-10-13-19-29(25)45)34(49)42(43,44)35(50)48(32-23-46(37(52)55-40(4,5)6)30-20-14-11-17-26(30)32)33-24-47(38(53)56-41(7,8)9)31-21-15-12-18-27(31)33/h10-24,34,49H,1-9H3. The highest BCUT2D eigenvalue weighted by Crippen LogP contribution is 2.45. The maximum absolute atomic E-state index is 17.1. The number of benzene rings is 3. The predicted molar refractivity (Wildman–Crippen MR) is 208 cm³/mol. The van der Waals surface area contributed by atoms with E-state index in [1.807, 2.05) is 0 Å². The Hall–Kier alpha value is -6.02. The molecule has 6 rings (SSSR count). The third-order valence-corrected chi connectivity index (χ3v) is 8.50. The van der Waals surface area contributed by atoms with Crippen molar-refractivity contribution in [2.75, 3.05) is 4.90 Å². The van der Waals surface area contributed by atoms with Crippen LogP contribution in [0.15, 0.2) is 91.4 Å². The Kier molecular flexibility index (Phi) is 9.86. The number of alkyl halides is 2. The van der Waals surface area contributed by atoms with Crippen LogP contribution in [0.4, 0.5) is 34.5 Å². The summed E-state index contributed by atoms with van der Waals surface area (Å²) in [5, 5.41) is 12.1. The van der Waals surface area contributed by atoms with Crippen molar-refractivity contribution in [3.63, 3.8) is 0 Å². The molecule has 294 valence electrons. The number of rotatable bonds is 5. The van der Waals surface area contributed by atoms with Crippen LogP contribution in [0.25, 0.3) is 32.7 Å². The van der Waals surface area contributed by atoms with E-state index in [4.69, 9.17) is 14.2 Å². The molecule has 14 heteroatoms. The highest BCUT2D eigenvalue weighted by molar-refractivity contribution is 6.16. The van der Waals surface area contributed by atoms with Crippen molar-refractivity contribution >= 4 is 68.3 Å². The van der Waals surface area contributed by atoms with E-state index < -0.39 is 58.6 Å². The number of ether oxygens (including phenoxy) is 3. The van der Waals surface area contributed by atoms with Gasteiger partial charge >= 0.3 is 30.1 Å². The van der Waals surface area contributed by atoms with Gasteiger partial charge in [-0.05, 0) is 80.5 Å². The maximum atomic E-state index is 17.1. The highest BCUT2D eigenvalue weighted by Gasteiger charge is 2.52. The number of fused-ring (bicyclic) bond motifs is 3.